The van der Waals surface area contributed by atoms with E-state index in [4.69, 9.17) is 9.47 Å². The van der Waals surface area contributed by atoms with Crippen LogP contribution in [0.1, 0.15) is 55.6 Å². The molecule has 1 aromatic heterocycles. The molecule has 2 aliphatic rings. The fourth-order valence-corrected chi connectivity index (χ4v) is 4.89. The van der Waals surface area contributed by atoms with E-state index in [9.17, 15) is 19.2 Å². The molecule has 36 heavy (non-hydrogen) atoms. The number of ether oxygens (including phenoxy) is 2. The SMILES string of the molecule is COC(=O)[C@H](C[C@@H]1CCCNC1=O)NC(=O)[C@H](CC(C)C)NC(=O)c1cc2c3c(ccc2[nH]1)CCO3. The number of carbonyl (C=O) groups is 4. The summed E-state index contributed by atoms with van der Waals surface area (Å²) in [5, 5.41) is 9.16. The van der Waals surface area contributed by atoms with Crippen LogP contribution in [-0.4, -0.2) is 61.0 Å². The summed E-state index contributed by atoms with van der Waals surface area (Å²) in [7, 11) is 1.24. The number of fused-ring (bicyclic) bond motifs is 3. The molecule has 3 amide bonds. The van der Waals surface area contributed by atoms with Gasteiger partial charge in [-0.15, -0.1) is 0 Å². The van der Waals surface area contributed by atoms with Crippen LogP contribution in [0.25, 0.3) is 10.9 Å². The van der Waals surface area contributed by atoms with Crippen molar-refractivity contribution in [1.82, 2.24) is 20.9 Å². The molecule has 4 N–H and O–H groups in total. The lowest BCUT2D eigenvalue weighted by molar-refractivity contribution is -0.146. The first kappa shape index (κ1) is 25.5. The molecule has 2 aliphatic heterocycles. The van der Waals surface area contributed by atoms with Crippen LogP contribution in [0.2, 0.25) is 0 Å². The van der Waals surface area contributed by atoms with Gasteiger partial charge in [0.05, 0.1) is 13.7 Å². The van der Waals surface area contributed by atoms with Gasteiger partial charge in [0, 0.05) is 29.8 Å². The van der Waals surface area contributed by atoms with Crippen molar-refractivity contribution in [2.24, 2.45) is 11.8 Å². The van der Waals surface area contributed by atoms with E-state index in [1.54, 1.807) is 6.07 Å². The summed E-state index contributed by atoms with van der Waals surface area (Å²) in [5.41, 5.74) is 2.20. The van der Waals surface area contributed by atoms with Gasteiger partial charge >= 0.3 is 5.97 Å². The van der Waals surface area contributed by atoms with Crippen LogP contribution in [-0.2, 0) is 25.5 Å². The lowest BCUT2D eigenvalue weighted by atomic mass is 9.91. The Morgan fingerprint density at radius 2 is 2.00 bits per heavy atom. The normalized spacial score (nSPS) is 18.7. The summed E-state index contributed by atoms with van der Waals surface area (Å²) in [5.74, 6) is -1.19. The van der Waals surface area contributed by atoms with Gasteiger partial charge in [-0.25, -0.2) is 4.79 Å². The highest BCUT2D eigenvalue weighted by atomic mass is 16.5. The van der Waals surface area contributed by atoms with Crippen molar-refractivity contribution >= 4 is 34.6 Å². The first-order valence-corrected chi connectivity index (χ1v) is 12.5. The molecule has 0 unspecified atom stereocenters. The highest BCUT2D eigenvalue weighted by molar-refractivity contribution is 6.02. The Balaban J connectivity index is 1.48. The molecule has 3 heterocycles. The lowest BCUT2D eigenvalue weighted by Gasteiger charge is -2.27. The van der Waals surface area contributed by atoms with E-state index >= 15 is 0 Å². The number of rotatable bonds is 9. The Morgan fingerprint density at radius 1 is 1.19 bits per heavy atom. The second-order valence-corrected chi connectivity index (χ2v) is 9.90. The van der Waals surface area contributed by atoms with Crippen molar-refractivity contribution in [1.29, 1.82) is 0 Å². The number of aromatic amines is 1. The predicted molar refractivity (Wildman–Crippen MR) is 133 cm³/mol. The van der Waals surface area contributed by atoms with E-state index in [0.29, 0.717) is 31.7 Å². The standard InChI is InChI=1S/C26H34N4O6/c1-14(2)11-19(24(32)30-21(26(34)35-3)12-16-5-4-9-27-23(16)31)29-25(33)20-13-17-18(28-20)7-6-15-8-10-36-22(15)17/h6-7,13-14,16,19,21,28H,4-5,8-12H2,1-3H3,(H,27,31)(H,29,33)(H,30,32)/t16-,19-,21-/m0/s1. The summed E-state index contributed by atoms with van der Waals surface area (Å²) < 4.78 is 10.6. The minimum Gasteiger partial charge on any atom is -0.492 e. The second-order valence-electron chi connectivity index (χ2n) is 9.90. The number of piperidine rings is 1. The Hall–Kier alpha value is -3.56. The molecule has 1 fully saturated rings. The minimum atomic E-state index is -0.990. The summed E-state index contributed by atoms with van der Waals surface area (Å²) in [4.78, 5) is 54.2. The van der Waals surface area contributed by atoms with Crippen molar-refractivity contribution in [3.05, 3.63) is 29.5 Å². The van der Waals surface area contributed by atoms with Crippen LogP contribution >= 0.6 is 0 Å². The van der Waals surface area contributed by atoms with Crippen LogP contribution in [0.4, 0.5) is 0 Å². The van der Waals surface area contributed by atoms with Crippen LogP contribution < -0.4 is 20.7 Å². The van der Waals surface area contributed by atoms with Gasteiger partial charge in [-0.1, -0.05) is 19.9 Å². The maximum atomic E-state index is 13.3. The van der Waals surface area contributed by atoms with Crippen molar-refractivity contribution in [3.63, 3.8) is 0 Å². The molecular formula is C26H34N4O6. The van der Waals surface area contributed by atoms with Gasteiger partial charge in [0.15, 0.2) is 0 Å². The topological polar surface area (TPSA) is 139 Å². The molecule has 0 saturated carbocycles. The number of hydrogen-bond donors (Lipinski definition) is 4. The largest absolute Gasteiger partial charge is 0.492 e. The van der Waals surface area contributed by atoms with Crippen molar-refractivity contribution in [2.45, 2.75) is 58.0 Å². The van der Waals surface area contributed by atoms with Gasteiger partial charge in [-0.2, -0.15) is 0 Å². The van der Waals surface area contributed by atoms with Gasteiger partial charge in [-0.3, -0.25) is 14.4 Å². The van der Waals surface area contributed by atoms with Crippen molar-refractivity contribution < 1.29 is 28.7 Å². The number of methoxy groups -OCH3 is 1. The first-order chi connectivity index (χ1) is 17.3. The summed E-state index contributed by atoms with van der Waals surface area (Å²) in [6, 6.07) is 3.77. The second kappa shape index (κ2) is 11.0. The maximum Gasteiger partial charge on any atom is 0.328 e. The number of nitrogens with one attached hydrogen (secondary N) is 4. The highest BCUT2D eigenvalue weighted by Gasteiger charge is 2.33. The van der Waals surface area contributed by atoms with Gasteiger partial charge in [0.25, 0.3) is 5.91 Å². The van der Waals surface area contributed by atoms with E-state index in [1.807, 2.05) is 26.0 Å². The van der Waals surface area contributed by atoms with E-state index < -0.39 is 35.8 Å². The summed E-state index contributed by atoms with van der Waals surface area (Å²) in [6.45, 7) is 5.11. The number of esters is 1. The van der Waals surface area contributed by atoms with Gasteiger partial charge < -0.3 is 30.4 Å². The van der Waals surface area contributed by atoms with Gasteiger partial charge in [0.2, 0.25) is 11.8 Å². The monoisotopic (exact) mass is 498 g/mol. The fourth-order valence-electron chi connectivity index (χ4n) is 4.89. The van der Waals surface area contributed by atoms with Crippen LogP contribution in [0.3, 0.4) is 0 Å². The smallest absolute Gasteiger partial charge is 0.328 e. The maximum absolute atomic E-state index is 13.3. The third kappa shape index (κ3) is 5.63. The van der Waals surface area contributed by atoms with E-state index in [1.165, 1.54) is 7.11 Å². The van der Waals surface area contributed by atoms with E-state index in [0.717, 1.165) is 35.1 Å². The molecule has 1 aromatic carbocycles. The first-order valence-electron chi connectivity index (χ1n) is 12.5. The van der Waals surface area contributed by atoms with Gasteiger partial charge in [0.1, 0.15) is 23.5 Å². The molecule has 0 bridgehead atoms. The molecule has 3 atom stereocenters. The third-order valence-electron chi connectivity index (χ3n) is 6.75. The van der Waals surface area contributed by atoms with Crippen LogP contribution in [0, 0.1) is 11.8 Å². The predicted octanol–water partition coefficient (Wildman–Crippen LogP) is 1.82. The quantitative estimate of drug-likeness (QED) is 0.389. The Bertz CT molecular complexity index is 1160. The number of carbonyl (C=O) groups excluding carboxylic acids is 4. The Kier molecular flexibility index (Phi) is 7.81. The van der Waals surface area contributed by atoms with E-state index in [2.05, 4.69) is 20.9 Å². The average Bonchev–Trinajstić information content (AvgIpc) is 3.50. The average molecular weight is 499 g/mol. The van der Waals surface area contributed by atoms with Crippen molar-refractivity contribution in [2.75, 3.05) is 20.3 Å². The van der Waals surface area contributed by atoms with E-state index in [-0.39, 0.29) is 18.2 Å². The Morgan fingerprint density at radius 3 is 2.72 bits per heavy atom. The van der Waals surface area contributed by atoms with Crippen LogP contribution in [0.15, 0.2) is 18.2 Å². The molecule has 2 aromatic rings. The van der Waals surface area contributed by atoms with Crippen LogP contribution in [0.5, 0.6) is 5.75 Å². The molecule has 0 aliphatic carbocycles. The highest BCUT2D eigenvalue weighted by Crippen LogP contribution is 2.34. The number of amides is 3. The summed E-state index contributed by atoms with van der Waals surface area (Å²) in [6.07, 6.45) is 2.78. The molecular weight excluding hydrogens is 464 g/mol. The zero-order valence-electron chi connectivity index (χ0n) is 20.9. The molecule has 4 rings (SSSR count). The number of aromatic nitrogens is 1. The number of hydrogen-bond acceptors (Lipinski definition) is 6. The Labute approximate surface area is 209 Å². The zero-order valence-corrected chi connectivity index (χ0v) is 20.9. The molecule has 0 spiro atoms. The fraction of sp³-hybridized carbons (Fsp3) is 0.538. The lowest BCUT2D eigenvalue weighted by Crippen LogP contribution is -2.53. The molecule has 10 nitrogen and oxygen atoms in total. The molecule has 1 saturated heterocycles. The third-order valence-corrected chi connectivity index (χ3v) is 6.75. The summed E-state index contributed by atoms with van der Waals surface area (Å²) >= 11 is 0. The zero-order chi connectivity index (χ0) is 25.8. The number of benzene rings is 1. The molecule has 0 radical (unpaired) electrons. The molecule has 194 valence electrons. The molecule has 10 heteroatoms. The van der Waals surface area contributed by atoms with Gasteiger partial charge in [-0.05, 0) is 49.3 Å². The van der Waals surface area contributed by atoms with Crippen molar-refractivity contribution in [3.8, 4) is 5.75 Å². The number of H-pyrrole nitrogens is 1. The minimum absolute atomic E-state index is 0.0983.